The second-order valence-electron chi connectivity index (χ2n) is 5.80. The molecule has 28 heavy (non-hydrogen) atoms. The van der Waals surface area contributed by atoms with Crippen molar-refractivity contribution < 1.29 is 9.59 Å². The van der Waals surface area contributed by atoms with Gasteiger partial charge in [-0.05, 0) is 37.3 Å². The number of nitrogens with zero attached hydrogens (tertiary/aromatic N) is 3. The molecule has 0 spiro atoms. The molecule has 3 rings (SSSR count). The molecule has 0 radical (unpaired) electrons. The minimum Gasteiger partial charge on any atom is -0.341 e. The Hall–Kier alpha value is -3.63. The van der Waals surface area contributed by atoms with Gasteiger partial charge >= 0.3 is 0 Å². The Balaban J connectivity index is 1.85. The fraction of sp³-hybridized carbons (Fsp3) is 0.100. The molecule has 1 aromatic heterocycles. The van der Waals surface area contributed by atoms with E-state index in [1.165, 1.54) is 4.68 Å². The smallest absolute Gasteiger partial charge is 0.278 e. The standard InChI is InChI=1S/C20H16ClN5O2/c1-3-11-22-19(27)16-9-4-5-10-17(16)23-20(28)18-13(2)26(25-24-18)15-8-6-7-14(21)12-15/h1,4-10,12H,11H2,2H3,(H,22,27)(H,23,28). The van der Waals surface area contributed by atoms with E-state index in [4.69, 9.17) is 18.0 Å². The van der Waals surface area contributed by atoms with Gasteiger partial charge < -0.3 is 10.6 Å². The van der Waals surface area contributed by atoms with E-state index in [1.807, 2.05) is 0 Å². The molecule has 0 bridgehead atoms. The highest BCUT2D eigenvalue weighted by atomic mass is 35.5. The Morgan fingerprint density at radius 1 is 1.18 bits per heavy atom. The van der Waals surface area contributed by atoms with Gasteiger partial charge in [0.25, 0.3) is 11.8 Å². The molecule has 7 nitrogen and oxygen atoms in total. The van der Waals surface area contributed by atoms with Crippen LogP contribution in [0, 0.1) is 19.3 Å². The van der Waals surface area contributed by atoms with Gasteiger partial charge in [-0.3, -0.25) is 9.59 Å². The lowest BCUT2D eigenvalue weighted by atomic mass is 10.1. The van der Waals surface area contributed by atoms with Crippen LogP contribution >= 0.6 is 11.6 Å². The van der Waals surface area contributed by atoms with Crippen LogP contribution in [-0.4, -0.2) is 33.4 Å². The quantitative estimate of drug-likeness (QED) is 0.652. The van der Waals surface area contributed by atoms with E-state index in [1.54, 1.807) is 55.5 Å². The van der Waals surface area contributed by atoms with Crippen LogP contribution in [0.4, 0.5) is 5.69 Å². The zero-order valence-electron chi connectivity index (χ0n) is 14.9. The first kappa shape index (κ1) is 19.1. The number of para-hydroxylation sites is 1. The third-order valence-corrected chi connectivity index (χ3v) is 4.17. The summed E-state index contributed by atoms with van der Waals surface area (Å²) in [6, 6.07) is 13.7. The van der Waals surface area contributed by atoms with Gasteiger partial charge in [0.1, 0.15) is 0 Å². The van der Waals surface area contributed by atoms with Crippen molar-refractivity contribution in [3.8, 4) is 18.0 Å². The van der Waals surface area contributed by atoms with Crippen molar-refractivity contribution in [2.45, 2.75) is 6.92 Å². The van der Waals surface area contributed by atoms with Gasteiger partial charge in [0, 0.05) is 5.02 Å². The third kappa shape index (κ3) is 4.03. The SMILES string of the molecule is C#CCNC(=O)c1ccccc1NC(=O)c1nnn(-c2cccc(Cl)c2)c1C. The second-order valence-corrected chi connectivity index (χ2v) is 6.24. The lowest BCUT2D eigenvalue weighted by Gasteiger charge is -2.10. The Morgan fingerprint density at radius 2 is 1.96 bits per heavy atom. The van der Waals surface area contributed by atoms with Gasteiger partial charge in [0.05, 0.1) is 29.2 Å². The minimum atomic E-state index is -0.483. The fourth-order valence-electron chi connectivity index (χ4n) is 2.59. The lowest BCUT2D eigenvalue weighted by molar-refractivity contribution is 0.0959. The predicted molar refractivity (Wildman–Crippen MR) is 107 cm³/mol. The maximum absolute atomic E-state index is 12.7. The molecule has 0 fully saturated rings. The van der Waals surface area contributed by atoms with Crippen LogP contribution in [0.1, 0.15) is 26.5 Å². The second kappa shape index (κ2) is 8.37. The zero-order valence-corrected chi connectivity index (χ0v) is 15.7. The molecule has 3 aromatic rings. The Morgan fingerprint density at radius 3 is 2.71 bits per heavy atom. The van der Waals surface area contributed by atoms with Crippen LogP contribution in [-0.2, 0) is 0 Å². The highest BCUT2D eigenvalue weighted by Gasteiger charge is 2.20. The molecule has 140 valence electrons. The molecular formula is C20H16ClN5O2. The topological polar surface area (TPSA) is 88.9 Å². The van der Waals surface area contributed by atoms with Gasteiger partial charge in [0.2, 0.25) is 0 Å². The average Bonchev–Trinajstić information content (AvgIpc) is 3.08. The number of nitrogens with one attached hydrogen (secondary N) is 2. The first-order valence-electron chi connectivity index (χ1n) is 8.31. The van der Waals surface area contributed by atoms with Crippen molar-refractivity contribution in [1.29, 1.82) is 0 Å². The molecule has 0 aliphatic carbocycles. The molecule has 0 aliphatic rings. The molecule has 2 N–H and O–H groups in total. The molecule has 1 heterocycles. The summed E-state index contributed by atoms with van der Waals surface area (Å²) in [5.41, 5.74) is 2.00. The van der Waals surface area contributed by atoms with Crippen LogP contribution in [0.5, 0.6) is 0 Å². The number of hydrogen-bond acceptors (Lipinski definition) is 4. The van der Waals surface area contributed by atoms with Crippen molar-refractivity contribution in [2.75, 3.05) is 11.9 Å². The Kier molecular flexibility index (Phi) is 5.72. The van der Waals surface area contributed by atoms with Gasteiger partial charge in [-0.2, -0.15) is 0 Å². The molecule has 8 heteroatoms. The fourth-order valence-corrected chi connectivity index (χ4v) is 2.77. The van der Waals surface area contributed by atoms with Gasteiger partial charge in [-0.1, -0.05) is 40.9 Å². The number of rotatable bonds is 5. The summed E-state index contributed by atoms with van der Waals surface area (Å²) >= 11 is 6.02. The van der Waals surface area contributed by atoms with Gasteiger partial charge in [0.15, 0.2) is 5.69 Å². The zero-order chi connectivity index (χ0) is 20.1. The van der Waals surface area contributed by atoms with Crippen molar-refractivity contribution in [2.24, 2.45) is 0 Å². The van der Waals surface area contributed by atoms with Gasteiger partial charge in [-0.15, -0.1) is 11.5 Å². The number of amides is 2. The molecule has 0 saturated heterocycles. The molecule has 0 atom stereocenters. The average molecular weight is 394 g/mol. The first-order chi connectivity index (χ1) is 13.5. The Bertz CT molecular complexity index is 1080. The number of benzene rings is 2. The molecule has 0 aliphatic heterocycles. The van der Waals surface area contributed by atoms with E-state index in [2.05, 4.69) is 26.9 Å². The Labute approximate surface area is 166 Å². The summed E-state index contributed by atoms with van der Waals surface area (Å²) in [7, 11) is 0. The number of carbonyl (C=O) groups excluding carboxylic acids is 2. The highest BCUT2D eigenvalue weighted by molar-refractivity contribution is 6.30. The number of halogens is 1. The number of carbonyl (C=O) groups is 2. The van der Waals surface area contributed by atoms with Crippen LogP contribution in [0.2, 0.25) is 5.02 Å². The lowest BCUT2D eigenvalue weighted by Crippen LogP contribution is -2.25. The molecule has 2 aromatic carbocycles. The molecular weight excluding hydrogens is 378 g/mol. The first-order valence-corrected chi connectivity index (χ1v) is 8.69. The van der Waals surface area contributed by atoms with E-state index in [-0.39, 0.29) is 18.1 Å². The summed E-state index contributed by atoms with van der Waals surface area (Å²) in [5, 5.41) is 13.8. The van der Waals surface area contributed by atoms with Crippen LogP contribution in [0.15, 0.2) is 48.5 Å². The summed E-state index contributed by atoms with van der Waals surface area (Å²) < 4.78 is 1.52. The van der Waals surface area contributed by atoms with E-state index in [0.717, 1.165) is 0 Å². The molecule has 0 unspecified atom stereocenters. The van der Waals surface area contributed by atoms with Crippen LogP contribution in [0.3, 0.4) is 0 Å². The number of aromatic nitrogens is 3. The number of anilines is 1. The maximum atomic E-state index is 12.7. The summed E-state index contributed by atoms with van der Waals surface area (Å²) in [6.07, 6.45) is 5.17. The van der Waals surface area contributed by atoms with E-state index in [0.29, 0.717) is 27.7 Å². The molecule has 2 amide bonds. The van der Waals surface area contributed by atoms with Crippen LogP contribution < -0.4 is 10.6 Å². The van der Waals surface area contributed by atoms with Crippen molar-refractivity contribution in [3.63, 3.8) is 0 Å². The predicted octanol–water partition coefficient (Wildman–Crippen LogP) is 2.84. The molecule has 0 saturated carbocycles. The monoisotopic (exact) mass is 393 g/mol. The summed E-state index contributed by atoms with van der Waals surface area (Å²) in [6.45, 7) is 1.82. The largest absolute Gasteiger partial charge is 0.341 e. The van der Waals surface area contributed by atoms with Crippen LogP contribution in [0.25, 0.3) is 5.69 Å². The minimum absolute atomic E-state index is 0.0915. The number of hydrogen-bond donors (Lipinski definition) is 2. The van der Waals surface area contributed by atoms with Crippen molar-refractivity contribution >= 4 is 29.1 Å². The van der Waals surface area contributed by atoms with E-state index >= 15 is 0 Å². The van der Waals surface area contributed by atoms with Crippen molar-refractivity contribution in [1.82, 2.24) is 20.3 Å². The summed E-state index contributed by atoms with van der Waals surface area (Å²) in [4.78, 5) is 24.9. The summed E-state index contributed by atoms with van der Waals surface area (Å²) in [5.74, 6) is 1.47. The normalized spacial score (nSPS) is 10.2. The number of terminal acetylenes is 1. The van der Waals surface area contributed by atoms with Gasteiger partial charge in [-0.25, -0.2) is 4.68 Å². The third-order valence-electron chi connectivity index (χ3n) is 3.93. The van der Waals surface area contributed by atoms with E-state index < -0.39 is 5.91 Å². The highest BCUT2D eigenvalue weighted by Crippen LogP contribution is 2.19. The van der Waals surface area contributed by atoms with Crippen molar-refractivity contribution in [3.05, 3.63) is 70.5 Å². The van der Waals surface area contributed by atoms with E-state index in [9.17, 15) is 9.59 Å². The maximum Gasteiger partial charge on any atom is 0.278 e.